The number of sulfonamides is 1. The second kappa shape index (κ2) is 8.65. The van der Waals surface area contributed by atoms with E-state index in [2.05, 4.69) is 0 Å². The number of hydrogen-bond acceptors (Lipinski definition) is 4. The highest BCUT2D eigenvalue weighted by Gasteiger charge is 2.33. The fraction of sp³-hybridized carbons (Fsp3) is 0.278. The highest BCUT2D eigenvalue weighted by atomic mass is 35.5. The van der Waals surface area contributed by atoms with E-state index in [4.69, 9.17) is 27.9 Å². The summed E-state index contributed by atoms with van der Waals surface area (Å²) in [5, 5.41) is 0.101. The van der Waals surface area contributed by atoms with Crippen LogP contribution in [0.1, 0.15) is 0 Å². The average molecular weight is 447 g/mol. The van der Waals surface area contributed by atoms with Crippen LogP contribution in [0.4, 0.5) is 4.39 Å². The molecule has 1 aliphatic rings. The maximum absolute atomic E-state index is 13.1. The van der Waals surface area contributed by atoms with Crippen molar-refractivity contribution < 1.29 is 22.3 Å². The molecule has 3 rings (SSSR count). The molecular weight excluding hydrogens is 430 g/mol. The van der Waals surface area contributed by atoms with Crippen LogP contribution in [0.15, 0.2) is 47.4 Å². The Bertz CT molecular complexity index is 959. The van der Waals surface area contributed by atoms with Crippen LogP contribution in [0, 0.1) is 5.82 Å². The quantitative estimate of drug-likeness (QED) is 0.707. The van der Waals surface area contributed by atoms with Gasteiger partial charge in [0.25, 0.3) is 5.91 Å². The van der Waals surface area contributed by atoms with Crippen LogP contribution in [0.3, 0.4) is 0 Å². The predicted octanol–water partition coefficient (Wildman–Crippen LogP) is 3.04. The van der Waals surface area contributed by atoms with Crippen molar-refractivity contribution in [1.82, 2.24) is 9.21 Å². The van der Waals surface area contributed by atoms with Crippen LogP contribution in [0.5, 0.6) is 5.75 Å². The van der Waals surface area contributed by atoms with Crippen molar-refractivity contribution in [1.29, 1.82) is 0 Å². The largest absolute Gasteiger partial charge is 0.484 e. The lowest BCUT2D eigenvalue weighted by atomic mass is 10.3. The van der Waals surface area contributed by atoms with Gasteiger partial charge in [0.2, 0.25) is 10.0 Å². The minimum Gasteiger partial charge on any atom is -0.484 e. The SMILES string of the molecule is O=C(COc1cccc(F)c1)N1CCN(S(=O)(=O)c2c(Cl)cccc2Cl)CC1. The normalized spacial score (nSPS) is 15.5. The smallest absolute Gasteiger partial charge is 0.260 e. The molecule has 2 aromatic rings. The number of hydrogen-bond donors (Lipinski definition) is 0. The number of piperazine rings is 1. The van der Waals surface area contributed by atoms with Gasteiger partial charge >= 0.3 is 0 Å². The molecule has 0 aromatic heterocycles. The fourth-order valence-corrected chi connectivity index (χ4v) is 5.34. The Labute approximate surface area is 172 Å². The van der Waals surface area contributed by atoms with Crippen LogP contribution in [0.25, 0.3) is 0 Å². The van der Waals surface area contributed by atoms with Crippen molar-refractivity contribution in [3.8, 4) is 5.75 Å². The molecule has 2 aromatic carbocycles. The molecule has 150 valence electrons. The van der Waals surface area contributed by atoms with E-state index in [0.717, 1.165) is 0 Å². The molecule has 28 heavy (non-hydrogen) atoms. The summed E-state index contributed by atoms with van der Waals surface area (Å²) < 4.78 is 45.4. The Balaban J connectivity index is 1.60. The summed E-state index contributed by atoms with van der Waals surface area (Å²) in [5.74, 6) is -0.512. The molecule has 10 heteroatoms. The third kappa shape index (κ3) is 4.57. The zero-order valence-electron chi connectivity index (χ0n) is 14.6. The van der Waals surface area contributed by atoms with Gasteiger partial charge in [-0.05, 0) is 24.3 Å². The third-order valence-electron chi connectivity index (χ3n) is 4.27. The van der Waals surface area contributed by atoms with Gasteiger partial charge < -0.3 is 9.64 Å². The Morgan fingerprint density at radius 3 is 2.25 bits per heavy atom. The maximum atomic E-state index is 13.1. The summed E-state index contributed by atoms with van der Waals surface area (Å²) in [6.45, 7) is 0.358. The third-order valence-corrected chi connectivity index (χ3v) is 7.12. The Kier molecular flexibility index (Phi) is 6.44. The summed E-state index contributed by atoms with van der Waals surface area (Å²) in [7, 11) is -3.87. The molecular formula is C18H17Cl2FN2O4S. The molecule has 0 radical (unpaired) electrons. The first-order valence-electron chi connectivity index (χ1n) is 8.39. The number of nitrogens with zero attached hydrogens (tertiary/aromatic N) is 2. The summed E-state index contributed by atoms with van der Waals surface area (Å²) in [4.78, 5) is 13.7. The molecule has 1 fully saturated rings. The molecule has 1 heterocycles. The van der Waals surface area contributed by atoms with Gasteiger partial charge in [0, 0.05) is 32.2 Å². The molecule has 1 amide bonds. The van der Waals surface area contributed by atoms with Crippen LogP contribution in [0.2, 0.25) is 10.0 Å². The Morgan fingerprint density at radius 2 is 1.64 bits per heavy atom. The average Bonchev–Trinajstić information content (AvgIpc) is 2.66. The van der Waals surface area contributed by atoms with E-state index < -0.39 is 15.8 Å². The lowest BCUT2D eigenvalue weighted by Gasteiger charge is -2.34. The van der Waals surface area contributed by atoms with E-state index in [1.165, 1.54) is 39.5 Å². The van der Waals surface area contributed by atoms with Crippen LogP contribution < -0.4 is 4.74 Å². The lowest BCUT2D eigenvalue weighted by Crippen LogP contribution is -2.51. The first kappa shape index (κ1) is 20.9. The van der Waals surface area contributed by atoms with E-state index in [0.29, 0.717) is 0 Å². The van der Waals surface area contributed by atoms with E-state index in [1.807, 2.05) is 0 Å². The van der Waals surface area contributed by atoms with Crippen LogP contribution in [-0.2, 0) is 14.8 Å². The molecule has 0 bridgehead atoms. The summed E-state index contributed by atoms with van der Waals surface area (Å²) in [6.07, 6.45) is 0. The fourth-order valence-electron chi connectivity index (χ4n) is 2.83. The van der Waals surface area contributed by atoms with Crippen molar-refractivity contribution in [2.24, 2.45) is 0 Å². The molecule has 0 unspecified atom stereocenters. The van der Waals surface area contributed by atoms with Crippen molar-refractivity contribution in [2.75, 3.05) is 32.8 Å². The molecule has 0 atom stereocenters. The minimum absolute atomic E-state index is 0.0505. The van der Waals surface area contributed by atoms with E-state index >= 15 is 0 Å². The minimum atomic E-state index is -3.87. The van der Waals surface area contributed by atoms with Crippen LogP contribution >= 0.6 is 23.2 Å². The Morgan fingerprint density at radius 1 is 1.04 bits per heavy atom. The molecule has 0 saturated carbocycles. The van der Waals surface area contributed by atoms with Crippen molar-refractivity contribution >= 4 is 39.1 Å². The zero-order chi connectivity index (χ0) is 20.3. The van der Waals surface area contributed by atoms with Gasteiger partial charge in [-0.2, -0.15) is 4.31 Å². The van der Waals surface area contributed by atoms with E-state index in [1.54, 1.807) is 12.1 Å². The monoisotopic (exact) mass is 446 g/mol. The molecule has 0 spiro atoms. The number of rotatable bonds is 5. The van der Waals surface area contributed by atoms with E-state index in [9.17, 15) is 17.6 Å². The number of halogens is 3. The van der Waals surface area contributed by atoms with Crippen molar-refractivity contribution in [3.05, 3.63) is 58.3 Å². The number of benzene rings is 2. The number of carbonyl (C=O) groups excluding carboxylic acids is 1. The first-order valence-corrected chi connectivity index (χ1v) is 10.6. The number of amides is 1. The molecule has 0 aliphatic carbocycles. The second-order valence-corrected chi connectivity index (χ2v) is 8.77. The second-order valence-electron chi connectivity index (χ2n) is 6.08. The number of carbonyl (C=O) groups is 1. The molecule has 1 saturated heterocycles. The van der Waals surface area contributed by atoms with Gasteiger partial charge in [-0.3, -0.25) is 4.79 Å². The standard InChI is InChI=1S/C18H17Cl2FN2O4S/c19-15-5-2-6-16(20)18(15)28(25,26)23-9-7-22(8-10-23)17(24)12-27-14-4-1-3-13(21)11-14/h1-6,11H,7-10,12H2. The molecule has 1 aliphatic heterocycles. The Hall–Kier alpha value is -1.87. The molecule has 0 N–H and O–H groups in total. The highest BCUT2D eigenvalue weighted by molar-refractivity contribution is 7.89. The summed E-state index contributed by atoms with van der Waals surface area (Å²) in [6, 6.07) is 9.99. The van der Waals surface area contributed by atoms with E-state index in [-0.39, 0.29) is 59.4 Å². The summed E-state index contributed by atoms with van der Waals surface area (Å²) in [5.41, 5.74) is 0. The van der Waals surface area contributed by atoms with Crippen LogP contribution in [-0.4, -0.2) is 56.3 Å². The van der Waals surface area contributed by atoms with Gasteiger partial charge in [0.1, 0.15) is 16.5 Å². The van der Waals surface area contributed by atoms with Crippen molar-refractivity contribution in [2.45, 2.75) is 4.90 Å². The highest BCUT2D eigenvalue weighted by Crippen LogP contribution is 2.31. The maximum Gasteiger partial charge on any atom is 0.260 e. The lowest BCUT2D eigenvalue weighted by molar-refractivity contribution is -0.134. The predicted molar refractivity (Wildman–Crippen MR) is 104 cm³/mol. The molecule has 6 nitrogen and oxygen atoms in total. The van der Waals surface area contributed by atoms with Gasteiger partial charge in [0.05, 0.1) is 10.0 Å². The number of ether oxygens (including phenoxy) is 1. The topological polar surface area (TPSA) is 66.9 Å². The van der Waals surface area contributed by atoms with Crippen molar-refractivity contribution in [3.63, 3.8) is 0 Å². The van der Waals surface area contributed by atoms with Gasteiger partial charge in [-0.25, -0.2) is 12.8 Å². The summed E-state index contributed by atoms with van der Waals surface area (Å²) >= 11 is 12.0. The van der Waals surface area contributed by atoms with Gasteiger partial charge in [-0.15, -0.1) is 0 Å². The van der Waals surface area contributed by atoms with Gasteiger partial charge in [-0.1, -0.05) is 35.3 Å². The zero-order valence-corrected chi connectivity index (χ0v) is 17.0. The van der Waals surface area contributed by atoms with Gasteiger partial charge in [0.15, 0.2) is 6.61 Å². The first-order chi connectivity index (χ1) is 13.3.